The van der Waals surface area contributed by atoms with Gasteiger partial charge in [0.05, 0.1) is 5.75 Å². The van der Waals surface area contributed by atoms with Gasteiger partial charge in [0.1, 0.15) is 0 Å². The van der Waals surface area contributed by atoms with Crippen molar-refractivity contribution in [3.8, 4) is 0 Å². The van der Waals surface area contributed by atoms with Crippen molar-refractivity contribution in [2.24, 2.45) is 5.92 Å². The number of rotatable bonds is 10. The minimum Gasteiger partial charge on any atom is -0.315 e. The van der Waals surface area contributed by atoms with E-state index in [0.717, 1.165) is 25.8 Å². The van der Waals surface area contributed by atoms with E-state index in [1.54, 1.807) is 0 Å². The zero-order valence-corrected chi connectivity index (χ0v) is 12.8. The smallest absolute Gasteiger partial charge is 0.211 e. The van der Waals surface area contributed by atoms with Gasteiger partial charge in [0.2, 0.25) is 10.0 Å². The lowest BCUT2D eigenvalue weighted by Crippen LogP contribution is -2.35. The molecule has 1 atom stereocenters. The summed E-state index contributed by atoms with van der Waals surface area (Å²) in [4.78, 5) is 0. The maximum Gasteiger partial charge on any atom is 0.211 e. The van der Waals surface area contributed by atoms with Crippen LogP contribution in [-0.2, 0) is 10.0 Å². The van der Waals surface area contributed by atoms with Crippen molar-refractivity contribution >= 4 is 22.4 Å². The summed E-state index contributed by atoms with van der Waals surface area (Å²) < 4.78 is 25.8. The third-order valence-electron chi connectivity index (χ3n) is 2.34. The average Bonchev–Trinajstić information content (AvgIpc) is 2.16. The van der Waals surface area contributed by atoms with E-state index < -0.39 is 10.0 Å². The third kappa shape index (κ3) is 12.4. The lowest BCUT2D eigenvalue weighted by molar-refractivity contribution is 0.534. The second kappa shape index (κ2) is 11.3. The first-order valence-electron chi connectivity index (χ1n) is 6.19. The molecular weight excluding hydrogens is 260 g/mol. The summed E-state index contributed by atoms with van der Waals surface area (Å²) in [6.45, 7) is 8.28. The molecule has 0 spiro atoms. The summed E-state index contributed by atoms with van der Waals surface area (Å²) in [5, 5.41) is 3.16. The molecule has 17 heavy (non-hydrogen) atoms. The summed E-state index contributed by atoms with van der Waals surface area (Å²) in [6, 6.07) is 0. The summed E-state index contributed by atoms with van der Waals surface area (Å²) in [5.74, 6) is 0.486. The molecule has 106 valence electrons. The van der Waals surface area contributed by atoms with Crippen LogP contribution in [0.25, 0.3) is 0 Å². The molecule has 6 heteroatoms. The van der Waals surface area contributed by atoms with E-state index in [-0.39, 0.29) is 24.1 Å². The zero-order chi connectivity index (χ0) is 12.4. The Hall–Kier alpha value is 0.160. The van der Waals surface area contributed by atoms with Crippen LogP contribution in [0.1, 0.15) is 40.0 Å². The molecule has 0 fully saturated rings. The van der Waals surface area contributed by atoms with Crippen LogP contribution in [0.15, 0.2) is 0 Å². The quantitative estimate of drug-likeness (QED) is 0.602. The average molecular weight is 287 g/mol. The highest BCUT2D eigenvalue weighted by Crippen LogP contribution is 2.07. The standard InChI is InChI=1S/C11H26N2O2S.ClH/c1-4-6-11(3)10-16(14,15)13-9-8-12-7-5-2;/h11-13H,4-10H2,1-3H3;1H. The van der Waals surface area contributed by atoms with Crippen molar-refractivity contribution in [2.75, 3.05) is 25.4 Å². The van der Waals surface area contributed by atoms with Gasteiger partial charge in [0.25, 0.3) is 0 Å². The minimum atomic E-state index is -3.08. The van der Waals surface area contributed by atoms with E-state index in [0.29, 0.717) is 13.1 Å². The van der Waals surface area contributed by atoms with Gasteiger partial charge in [-0.2, -0.15) is 0 Å². The van der Waals surface area contributed by atoms with E-state index in [4.69, 9.17) is 0 Å². The summed E-state index contributed by atoms with van der Waals surface area (Å²) in [7, 11) is -3.08. The fourth-order valence-corrected chi connectivity index (χ4v) is 3.05. The predicted molar refractivity (Wildman–Crippen MR) is 76.3 cm³/mol. The summed E-state index contributed by atoms with van der Waals surface area (Å²) in [5.41, 5.74) is 0. The molecule has 2 N–H and O–H groups in total. The van der Waals surface area contributed by atoms with Gasteiger partial charge in [0, 0.05) is 13.1 Å². The van der Waals surface area contributed by atoms with Gasteiger partial charge in [-0.1, -0.05) is 27.2 Å². The van der Waals surface area contributed by atoms with Crippen molar-refractivity contribution < 1.29 is 8.42 Å². The Kier molecular flexibility index (Phi) is 12.9. The molecular formula is C11H27ClN2O2S. The molecule has 0 saturated heterocycles. The molecule has 0 aromatic carbocycles. The third-order valence-corrected chi connectivity index (χ3v) is 3.99. The first kappa shape index (κ1) is 19.5. The van der Waals surface area contributed by atoms with E-state index in [9.17, 15) is 8.42 Å². The Labute approximate surface area is 112 Å². The highest BCUT2D eigenvalue weighted by Gasteiger charge is 2.13. The van der Waals surface area contributed by atoms with E-state index >= 15 is 0 Å². The van der Waals surface area contributed by atoms with E-state index in [1.165, 1.54) is 0 Å². The SMILES string of the molecule is CCCNCCNS(=O)(=O)CC(C)CCC.Cl. The molecule has 0 aliphatic rings. The van der Waals surface area contributed by atoms with Crippen molar-refractivity contribution in [2.45, 2.75) is 40.0 Å². The Bertz CT molecular complexity index is 258. The Morgan fingerprint density at radius 1 is 1.06 bits per heavy atom. The minimum absolute atomic E-state index is 0. The molecule has 0 radical (unpaired) electrons. The highest BCUT2D eigenvalue weighted by atomic mass is 35.5. The van der Waals surface area contributed by atoms with Gasteiger partial charge in [-0.3, -0.25) is 0 Å². The van der Waals surface area contributed by atoms with Gasteiger partial charge in [-0.15, -0.1) is 12.4 Å². The van der Waals surface area contributed by atoms with Crippen molar-refractivity contribution in [3.63, 3.8) is 0 Å². The Morgan fingerprint density at radius 2 is 1.71 bits per heavy atom. The van der Waals surface area contributed by atoms with Gasteiger partial charge in [-0.05, 0) is 25.3 Å². The number of hydrogen-bond acceptors (Lipinski definition) is 3. The van der Waals surface area contributed by atoms with Crippen LogP contribution in [0.2, 0.25) is 0 Å². The lowest BCUT2D eigenvalue weighted by Gasteiger charge is -2.11. The fourth-order valence-electron chi connectivity index (χ4n) is 1.61. The molecule has 0 rings (SSSR count). The molecule has 0 aliphatic carbocycles. The van der Waals surface area contributed by atoms with E-state index in [2.05, 4.69) is 23.9 Å². The maximum atomic E-state index is 11.6. The molecule has 0 aliphatic heterocycles. The monoisotopic (exact) mass is 286 g/mol. The molecule has 0 saturated carbocycles. The normalized spacial score (nSPS) is 13.1. The van der Waals surface area contributed by atoms with Gasteiger partial charge >= 0.3 is 0 Å². The molecule has 1 unspecified atom stereocenters. The number of sulfonamides is 1. The molecule has 4 nitrogen and oxygen atoms in total. The lowest BCUT2D eigenvalue weighted by atomic mass is 10.1. The topological polar surface area (TPSA) is 58.2 Å². The van der Waals surface area contributed by atoms with Crippen LogP contribution in [0, 0.1) is 5.92 Å². The molecule has 0 bridgehead atoms. The van der Waals surface area contributed by atoms with Crippen LogP contribution in [0.4, 0.5) is 0 Å². The highest BCUT2D eigenvalue weighted by molar-refractivity contribution is 7.89. The van der Waals surface area contributed by atoms with Crippen LogP contribution in [0.5, 0.6) is 0 Å². The molecule has 0 aromatic heterocycles. The van der Waals surface area contributed by atoms with Crippen LogP contribution in [-0.4, -0.2) is 33.8 Å². The van der Waals surface area contributed by atoms with Crippen LogP contribution >= 0.6 is 12.4 Å². The number of hydrogen-bond donors (Lipinski definition) is 2. The zero-order valence-electron chi connectivity index (χ0n) is 11.2. The first-order chi connectivity index (χ1) is 7.52. The molecule has 0 aromatic rings. The fraction of sp³-hybridized carbons (Fsp3) is 1.00. The second-order valence-electron chi connectivity index (χ2n) is 4.32. The number of nitrogens with one attached hydrogen (secondary N) is 2. The number of halogens is 1. The van der Waals surface area contributed by atoms with Gasteiger partial charge in [-0.25, -0.2) is 13.1 Å². The Morgan fingerprint density at radius 3 is 2.24 bits per heavy atom. The summed E-state index contributed by atoms with van der Waals surface area (Å²) in [6.07, 6.45) is 3.07. The first-order valence-corrected chi connectivity index (χ1v) is 7.85. The molecule has 0 amide bonds. The van der Waals surface area contributed by atoms with E-state index in [1.807, 2.05) is 6.92 Å². The van der Waals surface area contributed by atoms with Crippen LogP contribution < -0.4 is 10.0 Å². The van der Waals surface area contributed by atoms with Gasteiger partial charge < -0.3 is 5.32 Å². The summed E-state index contributed by atoms with van der Waals surface area (Å²) >= 11 is 0. The molecule has 0 heterocycles. The predicted octanol–water partition coefficient (Wildman–Crippen LogP) is 1.76. The largest absolute Gasteiger partial charge is 0.315 e. The maximum absolute atomic E-state index is 11.6. The van der Waals surface area contributed by atoms with Gasteiger partial charge in [0.15, 0.2) is 0 Å². The Balaban J connectivity index is 0. The van der Waals surface area contributed by atoms with Crippen molar-refractivity contribution in [3.05, 3.63) is 0 Å². The van der Waals surface area contributed by atoms with Crippen molar-refractivity contribution in [1.82, 2.24) is 10.0 Å². The second-order valence-corrected chi connectivity index (χ2v) is 6.17. The van der Waals surface area contributed by atoms with Crippen LogP contribution in [0.3, 0.4) is 0 Å². The van der Waals surface area contributed by atoms with Crippen molar-refractivity contribution in [1.29, 1.82) is 0 Å².